The number of halogens is 1. The Morgan fingerprint density at radius 2 is 2.29 bits per heavy atom. The lowest BCUT2D eigenvalue weighted by atomic mass is 9.90. The fourth-order valence-electron chi connectivity index (χ4n) is 3.78. The van der Waals surface area contributed by atoms with Gasteiger partial charge in [-0.1, -0.05) is 47.8 Å². The maximum atomic E-state index is 12.3. The summed E-state index contributed by atoms with van der Waals surface area (Å²) >= 11 is 3.50. The van der Waals surface area contributed by atoms with Crippen LogP contribution in [0.15, 0.2) is 27.8 Å². The molecule has 1 aromatic rings. The van der Waals surface area contributed by atoms with Gasteiger partial charge in [0, 0.05) is 10.4 Å². The van der Waals surface area contributed by atoms with Crippen molar-refractivity contribution >= 4 is 28.1 Å². The second kappa shape index (κ2) is 5.56. The molecule has 0 spiro atoms. The summed E-state index contributed by atoms with van der Waals surface area (Å²) in [5, 5.41) is 4.12. The van der Waals surface area contributed by atoms with E-state index in [0.717, 1.165) is 10.0 Å². The van der Waals surface area contributed by atoms with Crippen molar-refractivity contribution in [3.05, 3.63) is 33.8 Å². The Bertz CT molecular complexity index is 598. The molecule has 0 bridgehead atoms. The number of hydrogen-bond donors (Lipinski definition) is 1. The fraction of sp³-hybridized carbons (Fsp3) is 0.529. The van der Waals surface area contributed by atoms with Crippen molar-refractivity contribution in [1.29, 1.82) is 0 Å². The molecular formula is C17H21BrN2O. The van der Waals surface area contributed by atoms with Crippen molar-refractivity contribution in [2.75, 3.05) is 0 Å². The van der Waals surface area contributed by atoms with Crippen molar-refractivity contribution in [2.24, 2.45) is 22.4 Å². The molecule has 0 aliphatic heterocycles. The van der Waals surface area contributed by atoms with Gasteiger partial charge in [0.1, 0.15) is 0 Å². The minimum absolute atomic E-state index is 0.0897. The smallest absolute Gasteiger partial charge is 0.244 e. The highest BCUT2D eigenvalue weighted by molar-refractivity contribution is 9.10. The van der Waals surface area contributed by atoms with Crippen LogP contribution in [0.25, 0.3) is 0 Å². The molecule has 21 heavy (non-hydrogen) atoms. The molecule has 2 aliphatic rings. The Morgan fingerprint density at radius 1 is 1.48 bits per heavy atom. The number of carbonyl (C=O) groups is 1. The number of nitrogens with zero attached hydrogens (tertiary/aromatic N) is 1. The average Bonchev–Trinajstić information content (AvgIpc) is 3.08. The first kappa shape index (κ1) is 14.8. The lowest BCUT2D eigenvalue weighted by Crippen LogP contribution is -2.22. The molecule has 2 aliphatic carbocycles. The molecule has 1 N–H and O–H groups in total. The van der Waals surface area contributed by atoms with Gasteiger partial charge in [-0.2, -0.15) is 5.10 Å². The fourth-order valence-corrected chi connectivity index (χ4v) is 4.18. The SMILES string of the molecule is Cc1ccc(/C=N\NC(=O)[C@H]2[C@H]3CCCC[C@@]32C)cc1Br. The van der Waals surface area contributed by atoms with Gasteiger partial charge in [0.15, 0.2) is 0 Å². The zero-order chi connectivity index (χ0) is 15.0. The second-order valence-corrected chi connectivity index (χ2v) is 7.43. The molecular weight excluding hydrogens is 328 g/mol. The Labute approximate surface area is 134 Å². The Kier molecular flexibility index (Phi) is 3.91. The maximum absolute atomic E-state index is 12.3. The lowest BCUT2D eigenvalue weighted by Gasteiger charge is -2.15. The third kappa shape index (κ3) is 2.78. The Balaban J connectivity index is 1.59. The standard InChI is InChI=1S/C17H21BrN2O/c1-11-6-7-12(9-14(11)18)10-19-20-16(21)15-13-5-3-4-8-17(13,15)2/h6-7,9-10,13,15H,3-5,8H2,1-2H3,(H,20,21)/b19-10-/t13-,15-,17+/m1/s1. The highest BCUT2D eigenvalue weighted by atomic mass is 79.9. The molecule has 0 heterocycles. The number of benzene rings is 1. The summed E-state index contributed by atoms with van der Waals surface area (Å²) in [6.07, 6.45) is 6.62. The van der Waals surface area contributed by atoms with Crippen molar-refractivity contribution < 1.29 is 4.79 Å². The second-order valence-electron chi connectivity index (χ2n) is 6.58. The summed E-state index contributed by atoms with van der Waals surface area (Å²) in [5.41, 5.74) is 5.13. The first-order chi connectivity index (χ1) is 10.0. The van der Waals surface area contributed by atoms with Gasteiger partial charge in [-0.3, -0.25) is 4.79 Å². The molecule has 0 radical (unpaired) electrons. The molecule has 4 heteroatoms. The number of carbonyl (C=O) groups excluding carboxylic acids is 1. The Hall–Kier alpha value is -1.16. The molecule has 3 rings (SSSR count). The molecule has 1 aromatic carbocycles. The minimum Gasteiger partial charge on any atom is -0.273 e. The molecule has 3 nitrogen and oxygen atoms in total. The largest absolute Gasteiger partial charge is 0.273 e. The van der Waals surface area contributed by atoms with E-state index in [-0.39, 0.29) is 17.2 Å². The van der Waals surface area contributed by atoms with Crippen LogP contribution >= 0.6 is 15.9 Å². The van der Waals surface area contributed by atoms with Crippen LogP contribution in [0.1, 0.15) is 43.7 Å². The first-order valence-electron chi connectivity index (χ1n) is 7.61. The van der Waals surface area contributed by atoms with E-state index in [1.165, 1.54) is 31.2 Å². The highest BCUT2D eigenvalue weighted by Crippen LogP contribution is 2.66. The minimum atomic E-state index is 0.0897. The summed E-state index contributed by atoms with van der Waals surface area (Å²) in [5.74, 6) is 0.837. The zero-order valence-corrected chi connectivity index (χ0v) is 14.1. The number of rotatable bonds is 3. The van der Waals surface area contributed by atoms with Crippen molar-refractivity contribution in [3.8, 4) is 0 Å². The predicted octanol–water partition coefficient (Wildman–Crippen LogP) is 4.03. The van der Waals surface area contributed by atoms with Crippen LogP contribution < -0.4 is 5.43 Å². The van der Waals surface area contributed by atoms with E-state index in [4.69, 9.17) is 0 Å². The van der Waals surface area contributed by atoms with Gasteiger partial charge < -0.3 is 0 Å². The van der Waals surface area contributed by atoms with Crippen LogP contribution in [0.5, 0.6) is 0 Å². The molecule has 0 aromatic heterocycles. The van der Waals surface area contributed by atoms with E-state index in [1.54, 1.807) is 6.21 Å². The van der Waals surface area contributed by atoms with Gasteiger partial charge in [0.25, 0.3) is 0 Å². The topological polar surface area (TPSA) is 41.5 Å². The van der Waals surface area contributed by atoms with Crippen LogP contribution in [0.3, 0.4) is 0 Å². The molecule has 2 saturated carbocycles. The maximum Gasteiger partial charge on any atom is 0.244 e. The molecule has 1 amide bonds. The highest BCUT2D eigenvalue weighted by Gasteiger charge is 2.64. The van der Waals surface area contributed by atoms with Gasteiger partial charge in [-0.15, -0.1) is 0 Å². The third-order valence-corrected chi connectivity index (χ3v) is 6.05. The Morgan fingerprint density at radius 3 is 2.95 bits per heavy atom. The molecule has 3 atom stereocenters. The van der Waals surface area contributed by atoms with Gasteiger partial charge in [-0.05, 0) is 48.3 Å². The van der Waals surface area contributed by atoms with E-state index in [9.17, 15) is 4.79 Å². The van der Waals surface area contributed by atoms with Crippen LogP contribution in [-0.2, 0) is 4.79 Å². The van der Waals surface area contributed by atoms with E-state index < -0.39 is 0 Å². The molecule has 0 unspecified atom stereocenters. The van der Waals surface area contributed by atoms with Crippen LogP contribution in [0.2, 0.25) is 0 Å². The van der Waals surface area contributed by atoms with Crippen LogP contribution in [0.4, 0.5) is 0 Å². The van der Waals surface area contributed by atoms with E-state index >= 15 is 0 Å². The summed E-state index contributed by atoms with van der Waals surface area (Å²) in [4.78, 5) is 12.3. The number of amides is 1. The van der Waals surface area contributed by atoms with Gasteiger partial charge >= 0.3 is 0 Å². The van der Waals surface area contributed by atoms with Gasteiger partial charge in [0.2, 0.25) is 5.91 Å². The van der Waals surface area contributed by atoms with E-state index in [0.29, 0.717) is 5.92 Å². The van der Waals surface area contributed by atoms with E-state index in [2.05, 4.69) is 33.4 Å². The van der Waals surface area contributed by atoms with Crippen LogP contribution in [-0.4, -0.2) is 12.1 Å². The quantitative estimate of drug-likeness (QED) is 0.650. The zero-order valence-electron chi connectivity index (χ0n) is 12.5. The summed E-state index contributed by atoms with van der Waals surface area (Å²) < 4.78 is 1.05. The first-order valence-corrected chi connectivity index (χ1v) is 8.41. The monoisotopic (exact) mass is 348 g/mol. The third-order valence-electron chi connectivity index (χ3n) is 5.20. The number of nitrogens with one attached hydrogen (secondary N) is 1. The summed E-state index contributed by atoms with van der Waals surface area (Å²) in [6, 6.07) is 6.03. The number of hydrogen-bond acceptors (Lipinski definition) is 2. The van der Waals surface area contributed by atoms with Crippen molar-refractivity contribution in [3.63, 3.8) is 0 Å². The number of fused-ring (bicyclic) bond motifs is 1. The van der Waals surface area contributed by atoms with Gasteiger partial charge in [-0.25, -0.2) is 5.43 Å². The molecule has 2 fully saturated rings. The number of aryl methyl sites for hydroxylation is 1. The number of hydrazone groups is 1. The average molecular weight is 349 g/mol. The predicted molar refractivity (Wildman–Crippen MR) is 88.2 cm³/mol. The van der Waals surface area contributed by atoms with Crippen molar-refractivity contribution in [2.45, 2.75) is 39.5 Å². The molecule has 112 valence electrons. The molecule has 0 saturated heterocycles. The lowest BCUT2D eigenvalue weighted by molar-refractivity contribution is -0.123. The van der Waals surface area contributed by atoms with E-state index in [1.807, 2.05) is 25.1 Å². The normalized spacial score (nSPS) is 31.0. The van der Waals surface area contributed by atoms with Crippen LogP contribution in [0, 0.1) is 24.2 Å². The summed E-state index contributed by atoms with van der Waals surface area (Å²) in [7, 11) is 0. The van der Waals surface area contributed by atoms with Crippen molar-refractivity contribution in [1.82, 2.24) is 5.43 Å². The summed E-state index contributed by atoms with van der Waals surface area (Å²) in [6.45, 7) is 4.30. The van der Waals surface area contributed by atoms with Gasteiger partial charge in [0.05, 0.1) is 6.21 Å².